The van der Waals surface area contributed by atoms with Crippen LogP contribution in [-0.4, -0.2) is 37.9 Å². The van der Waals surface area contributed by atoms with Crippen molar-refractivity contribution < 1.29 is 31.9 Å². The van der Waals surface area contributed by atoms with E-state index in [2.05, 4.69) is 5.32 Å². The van der Waals surface area contributed by atoms with Crippen molar-refractivity contribution in [3.05, 3.63) is 63.7 Å². The lowest BCUT2D eigenvalue weighted by Gasteiger charge is -2.13. The summed E-state index contributed by atoms with van der Waals surface area (Å²) in [7, 11) is -4.34. The predicted molar refractivity (Wildman–Crippen MR) is 113 cm³/mol. The van der Waals surface area contributed by atoms with Crippen LogP contribution in [-0.2, 0) is 19.6 Å². The molecule has 170 valence electrons. The van der Waals surface area contributed by atoms with E-state index in [1.54, 1.807) is 0 Å². The Morgan fingerprint density at radius 3 is 2.44 bits per heavy atom. The zero-order valence-electron chi connectivity index (χ0n) is 17.4. The van der Waals surface area contributed by atoms with Gasteiger partial charge >= 0.3 is 16.1 Å². The van der Waals surface area contributed by atoms with Crippen molar-refractivity contribution in [1.29, 1.82) is 0 Å². The van der Waals surface area contributed by atoms with Crippen LogP contribution in [0.2, 0.25) is 0 Å². The van der Waals surface area contributed by atoms with Gasteiger partial charge in [0.2, 0.25) is 0 Å². The molecule has 0 unspecified atom stereocenters. The molecule has 1 fully saturated rings. The highest BCUT2D eigenvalue weighted by molar-refractivity contribution is 7.87. The number of carbonyl (C=O) groups excluding carboxylic acids is 2. The van der Waals surface area contributed by atoms with E-state index in [1.165, 1.54) is 43.3 Å². The molecule has 0 radical (unpaired) electrons. The van der Waals surface area contributed by atoms with Gasteiger partial charge in [-0.1, -0.05) is 6.07 Å². The van der Waals surface area contributed by atoms with Gasteiger partial charge in [-0.25, -0.2) is 4.79 Å². The molecule has 0 saturated heterocycles. The number of rotatable bonds is 9. The molecule has 0 bridgehead atoms. The monoisotopic (exact) mass is 462 g/mol. The number of hydrogen-bond donors (Lipinski definition) is 1. The van der Waals surface area contributed by atoms with Crippen LogP contribution >= 0.6 is 0 Å². The van der Waals surface area contributed by atoms with Gasteiger partial charge in [-0.05, 0) is 62.4 Å². The third kappa shape index (κ3) is 5.82. The summed E-state index contributed by atoms with van der Waals surface area (Å²) in [5, 5.41) is 13.7. The van der Waals surface area contributed by atoms with E-state index in [1.807, 2.05) is 6.92 Å². The van der Waals surface area contributed by atoms with Crippen LogP contribution in [0, 0.1) is 23.0 Å². The average molecular weight is 462 g/mol. The topological polar surface area (TPSA) is 142 Å². The maximum Gasteiger partial charge on any atom is 0.339 e. The van der Waals surface area contributed by atoms with E-state index in [0.717, 1.165) is 18.9 Å². The van der Waals surface area contributed by atoms with Crippen LogP contribution in [0.1, 0.15) is 35.7 Å². The fourth-order valence-electron chi connectivity index (χ4n) is 3.01. The van der Waals surface area contributed by atoms with Crippen molar-refractivity contribution in [3.8, 4) is 5.75 Å². The number of hydrogen-bond acceptors (Lipinski definition) is 8. The van der Waals surface area contributed by atoms with Crippen molar-refractivity contribution >= 4 is 27.7 Å². The first-order valence-corrected chi connectivity index (χ1v) is 11.2. The third-order valence-corrected chi connectivity index (χ3v) is 6.39. The highest BCUT2D eigenvalue weighted by atomic mass is 32.2. The normalized spacial score (nSPS) is 14.3. The lowest BCUT2D eigenvalue weighted by atomic mass is 10.2. The van der Waals surface area contributed by atoms with Gasteiger partial charge in [-0.2, -0.15) is 8.42 Å². The summed E-state index contributed by atoms with van der Waals surface area (Å²) in [6.45, 7) is 2.97. The number of ether oxygens (including phenoxy) is 1. The van der Waals surface area contributed by atoms with Crippen molar-refractivity contribution in [2.75, 3.05) is 6.61 Å². The van der Waals surface area contributed by atoms with Gasteiger partial charge < -0.3 is 14.2 Å². The molecule has 1 aliphatic rings. The summed E-state index contributed by atoms with van der Waals surface area (Å²) < 4.78 is 35.1. The lowest BCUT2D eigenvalue weighted by molar-refractivity contribution is -0.385. The van der Waals surface area contributed by atoms with Gasteiger partial charge in [0.15, 0.2) is 6.61 Å². The molecule has 1 N–H and O–H groups in total. The fourth-order valence-corrected chi connectivity index (χ4v) is 4.20. The Balaban J connectivity index is 1.61. The van der Waals surface area contributed by atoms with Crippen LogP contribution < -0.4 is 9.50 Å². The highest BCUT2D eigenvalue weighted by Crippen LogP contribution is 2.32. The number of carbonyl (C=O) groups is 2. The maximum atomic E-state index is 12.6. The van der Waals surface area contributed by atoms with Crippen molar-refractivity contribution in [1.82, 2.24) is 5.32 Å². The molecule has 0 spiro atoms. The largest absolute Gasteiger partial charge is 0.452 e. The molecule has 2 aromatic carbocycles. The smallest absolute Gasteiger partial charge is 0.339 e. The molecule has 10 nitrogen and oxygen atoms in total. The van der Waals surface area contributed by atoms with E-state index >= 15 is 0 Å². The number of nitro benzene ring substituents is 1. The summed E-state index contributed by atoms with van der Waals surface area (Å²) >= 11 is 0. The zero-order valence-corrected chi connectivity index (χ0v) is 18.3. The summed E-state index contributed by atoms with van der Waals surface area (Å²) in [6, 6.07) is 8.54. The molecule has 1 atom stereocenters. The van der Waals surface area contributed by atoms with Crippen molar-refractivity contribution in [2.45, 2.75) is 37.6 Å². The number of nitro groups is 1. The minimum absolute atomic E-state index is 0.0364. The van der Waals surface area contributed by atoms with Crippen LogP contribution in [0.25, 0.3) is 0 Å². The van der Waals surface area contributed by atoms with Gasteiger partial charge in [0.05, 0.1) is 10.5 Å². The molecular weight excluding hydrogens is 440 g/mol. The van der Waals surface area contributed by atoms with E-state index in [0.29, 0.717) is 5.92 Å². The first-order valence-electron chi connectivity index (χ1n) is 9.83. The molecule has 11 heteroatoms. The minimum Gasteiger partial charge on any atom is -0.452 e. The molecule has 0 heterocycles. The molecule has 1 aliphatic carbocycles. The third-order valence-electron chi connectivity index (χ3n) is 5.00. The van der Waals surface area contributed by atoms with Crippen molar-refractivity contribution in [2.24, 2.45) is 5.92 Å². The van der Waals surface area contributed by atoms with Gasteiger partial charge in [0, 0.05) is 18.2 Å². The van der Waals surface area contributed by atoms with Crippen LogP contribution in [0.15, 0.2) is 47.4 Å². The molecule has 32 heavy (non-hydrogen) atoms. The SMILES string of the molecule is Cc1ccc([N+](=O)[O-])cc1S(=O)(=O)Oc1ccc(C(=O)OCC(=O)N[C@@H](C)C2CC2)cc1. The minimum atomic E-state index is -4.34. The Hall–Kier alpha value is -3.47. The number of nitrogens with zero attached hydrogens (tertiary/aromatic N) is 1. The Bertz CT molecular complexity index is 1140. The van der Waals surface area contributed by atoms with Crippen LogP contribution in [0.4, 0.5) is 5.69 Å². The second kappa shape index (κ2) is 9.35. The number of nitrogens with one attached hydrogen (secondary N) is 1. The number of non-ortho nitro benzene ring substituents is 1. The quantitative estimate of drug-likeness (QED) is 0.259. The molecular formula is C21H22N2O8S. The molecule has 0 aliphatic heterocycles. The summed E-state index contributed by atoms with van der Waals surface area (Å²) in [5.41, 5.74) is 0.000766. The Morgan fingerprint density at radius 2 is 1.84 bits per heavy atom. The van der Waals surface area contributed by atoms with Crippen LogP contribution in [0.5, 0.6) is 5.75 Å². The summed E-state index contributed by atoms with van der Waals surface area (Å²) in [5.74, 6) is -0.757. The Labute approximate surface area is 184 Å². The average Bonchev–Trinajstić information content (AvgIpc) is 3.58. The van der Waals surface area contributed by atoms with E-state index < -0.39 is 33.5 Å². The first kappa shape index (κ1) is 23.2. The summed E-state index contributed by atoms with van der Waals surface area (Å²) in [6.07, 6.45) is 2.15. The predicted octanol–water partition coefficient (Wildman–Crippen LogP) is 2.74. The van der Waals surface area contributed by atoms with Gasteiger partial charge in [-0.15, -0.1) is 0 Å². The highest BCUT2D eigenvalue weighted by Gasteiger charge is 2.29. The van der Waals surface area contributed by atoms with E-state index in [4.69, 9.17) is 8.92 Å². The lowest BCUT2D eigenvalue weighted by Crippen LogP contribution is -2.37. The molecule has 2 aromatic rings. The Morgan fingerprint density at radius 1 is 1.19 bits per heavy atom. The van der Waals surface area contributed by atoms with Gasteiger partial charge in [-0.3, -0.25) is 14.9 Å². The second-order valence-corrected chi connectivity index (χ2v) is 9.05. The summed E-state index contributed by atoms with van der Waals surface area (Å²) in [4.78, 5) is 33.9. The van der Waals surface area contributed by atoms with Crippen LogP contribution in [0.3, 0.4) is 0 Å². The van der Waals surface area contributed by atoms with E-state index in [-0.39, 0.29) is 33.5 Å². The number of aryl methyl sites for hydroxylation is 1. The van der Waals surface area contributed by atoms with Crippen molar-refractivity contribution in [3.63, 3.8) is 0 Å². The molecule has 1 amide bonds. The second-order valence-electron chi connectivity index (χ2n) is 7.54. The Kier molecular flexibility index (Phi) is 6.78. The first-order chi connectivity index (χ1) is 15.1. The van der Waals surface area contributed by atoms with Gasteiger partial charge in [0.1, 0.15) is 10.6 Å². The number of esters is 1. The zero-order chi connectivity index (χ0) is 23.5. The molecule has 3 rings (SSSR count). The maximum absolute atomic E-state index is 12.6. The molecule has 0 aromatic heterocycles. The fraction of sp³-hybridized carbons (Fsp3) is 0.333. The number of amides is 1. The standard InChI is InChI=1S/C21H22N2O8S/c1-13-3-8-17(23(26)27)11-19(13)32(28,29)31-18-9-6-16(7-10-18)21(25)30-12-20(24)22-14(2)15-4-5-15/h3,6-11,14-15H,4-5,12H2,1-2H3,(H,22,24)/t14-/m0/s1. The van der Waals surface area contributed by atoms with Gasteiger partial charge in [0.25, 0.3) is 11.6 Å². The van der Waals surface area contributed by atoms with E-state index in [9.17, 15) is 28.1 Å². The number of benzene rings is 2. The molecule has 1 saturated carbocycles.